The van der Waals surface area contributed by atoms with Crippen molar-refractivity contribution in [1.82, 2.24) is 10.6 Å². The standard InChI is InChI=1S/C13H24N2O3S/c1-9(7-12(16)17)8-14-13(18)15-10-3-5-11(19-2)6-4-10/h9-11H,3-8H2,1-2H3,(H,16,17)(H2,14,15,18). The second kappa shape index (κ2) is 8.30. The topological polar surface area (TPSA) is 78.4 Å². The monoisotopic (exact) mass is 288 g/mol. The Morgan fingerprint density at radius 1 is 1.32 bits per heavy atom. The summed E-state index contributed by atoms with van der Waals surface area (Å²) in [6.07, 6.45) is 6.59. The van der Waals surface area contributed by atoms with Gasteiger partial charge >= 0.3 is 12.0 Å². The second-order valence-electron chi connectivity index (χ2n) is 5.27. The van der Waals surface area contributed by atoms with Crippen LogP contribution in [0.25, 0.3) is 0 Å². The maximum atomic E-state index is 11.7. The number of carbonyl (C=O) groups excluding carboxylic acids is 1. The average molecular weight is 288 g/mol. The summed E-state index contributed by atoms with van der Waals surface area (Å²) in [5.41, 5.74) is 0. The Bertz CT molecular complexity index is 304. The molecule has 0 saturated heterocycles. The molecule has 1 atom stereocenters. The van der Waals surface area contributed by atoms with E-state index < -0.39 is 5.97 Å². The van der Waals surface area contributed by atoms with Crippen molar-refractivity contribution in [3.05, 3.63) is 0 Å². The zero-order valence-electron chi connectivity index (χ0n) is 11.6. The average Bonchev–Trinajstić information content (AvgIpc) is 2.36. The smallest absolute Gasteiger partial charge is 0.315 e. The van der Waals surface area contributed by atoms with Gasteiger partial charge in [0.15, 0.2) is 0 Å². The lowest BCUT2D eigenvalue weighted by Crippen LogP contribution is -2.45. The first-order chi connectivity index (χ1) is 9.01. The highest BCUT2D eigenvalue weighted by Crippen LogP contribution is 2.26. The minimum atomic E-state index is -0.829. The molecule has 1 aliphatic rings. The molecule has 0 aromatic rings. The zero-order chi connectivity index (χ0) is 14.3. The van der Waals surface area contributed by atoms with Crippen LogP contribution >= 0.6 is 11.8 Å². The summed E-state index contributed by atoms with van der Waals surface area (Å²) >= 11 is 1.90. The molecule has 5 nitrogen and oxygen atoms in total. The molecule has 110 valence electrons. The third-order valence-corrected chi connectivity index (χ3v) is 4.61. The molecule has 1 saturated carbocycles. The molecule has 1 unspecified atom stereocenters. The van der Waals surface area contributed by atoms with Gasteiger partial charge in [-0.3, -0.25) is 4.79 Å². The summed E-state index contributed by atoms with van der Waals surface area (Å²) in [5.74, 6) is -0.874. The fourth-order valence-electron chi connectivity index (χ4n) is 2.32. The lowest BCUT2D eigenvalue weighted by Gasteiger charge is -2.28. The van der Waals surface area contributed by atoms with Gasteiger partial charge in [-0.1, -0.05) is 6.92 Å². The minimum Gasteiger partial charge on any atom is -0.481 e. The van der Waals surface area contributed by atoms with Gasteiger partial charge in [0, 0.05) is 24.3 Å². The summed E-state index contributed by atoms with van der Waals surface area (Å²) in [7, 11) is 0. The number of carboxylic acids is 1. The number of rotatable bonds is 6. The number of thioether (sulfide) groups is 1. The van der Waals surface area contributed by atoms with Crippen molar-refractivity contribution < 1.29 is 14.7 Å². The van der Waals surface area contributed by atoms with Crippen molar-refractivity contribution in [2.75, 3.05) is 12.8 Å². The molecule has 0 aliphatic heterocycles. The lowest BCUT2D eigenvalue weighted by atomic mass is 9.95. The van der Waals surface area contributed by atoms with E-state index in [1.165, 1.54) is 0 Å². The Morgan fingerprint density at radius 3 is 2.47 bits per heavy atom. The van der Waals surface area contributed by atoms with Gasteiger partial charge in [-0.05, 0) is 37.9 Å². The van der Waals surface area contributed by atoms with Crippen molar-refractivity contribution in [3.8, 4) is 0 Å². The van der Waals surface area contributed by atoms with Crippen LogP contribution in [-0.2, 0) is 4.79 Å². The van der Waals surface area contributed by atoms with E-state index in [2.05, 4.69) is 16.9 Å². The Labute approximate surface area is 118 Å². The molecular formula is C13H24N2O3S. The van der Waals surface area contributed by atoms with Crippen LogP contribution in [0, 0.1) is 5.92 Å². The molecule has 1 rings (SSSR count). The predicted octanol–water partition coefficient (Wildman–Crippen LogP) is 2.07. The molecule has 0 aromatic carbocycles. The molecule has 1 aliphatic carbocycles. The van der Waals surface area contributed by atoms with E-state index in [0.29, 0.717) is 6.54 Å². The van der Waals surface area contributed by atoms with Crippen molar-refractivity contribution in [2.45, 2.75) is 50.3 Å². The molecular weight excluding hydrogens is 264 g/mol. The van der Waals surface area contributed by atoms with Gasteiger partial charge in [-0.15, -0.1) is 0 Å². The molecule has 2 amide bonds. The van der Waals surface area contributed by atoms with Gasteiger partial charge in [0.1, 0.15) is 0 Å². The number of amides is 2. The van der Waals surface area contributed by atoms with Crippen molar-refractivity contribution >= 4 is 23.8 Å². The number of aliphatic carboxylic acids is 1. The van der Waals surface area contributed by atoms with Crippen LogP contribution in [0.5, 0.6) is 0 Å². The molecule has 3 N–H and O–H groups in total. The highest BCUT2D eigenvalue weighted by atomic mass is 32.2. The third-order valence-electron chi connectivity index (χ3n) is 3.48. The van der Waals surface area contributed by atoms with E-state index >= 15 is 0 Å². The molecule has 6 heteroatoms. The Balaban J connectivity index is 2.16. The number of carbonyl (C=O) groups is 2. The highest BCUT2D eigenvalue weighted by Gasteiger charge is 2.21. The molecule has 0 bridgehead atoms. The molecule has 0 radical (unpaired) electrons. The van der Waals surface area contributed by atoms with Crippen LogP contribution in [0.1, 0.15) is 39.0 Å². The number of urea groups is 1. The Hall–Kier alpha value is -0.910. The molecule has 0 spiro atoms. The summed E-state index contributed by atoms with van der Waals surface area (Å²) in [6, 6.07) is 0.0861. The van der Waals surface area contributed by atoms with Crippen LogP contribution in [0.4, 0.5) is 4.79 Å². The van der Waals surface area contributed by atoms with Gasteiger partial charge < -0.3 is 15.7 Å². The quantitative estimate of drug-likeness (QED) is 0.699. The first-order valence-electron chi connectivity index (χ1n) is 6.80. The SMILES string of the molecule is CSC1CCC(NC(=O)NCC(C)CC(=O)O)CC1. The van der Waals surface area contributed by atoms with E-state index in [4.69, 9.17) is 5.11 Å². The zero-order valence-corrected chi connectivity index (χ0v) is 12.5. The highest BCUT2D eigenvalue weighted by molar-refractivity contribution is 7.99. The summed E-state index contributed by atoms with van der Waals surface area (Å²) in [6.45, 7) is 2.22. The van der Waals surface area contributed by atoms with Gasteiger partial charge in [0.05, 0.1) is 0 Å². The van der Waals surface area contributed by atoms with Gasteiger partial charge in [0.25, 0.3) is 0 Å². The van der Waals surface area contributed by atoms with Crippen LogP contribution in [0.3, 0.4) is 0 Å². The molecule has 0 heterocycles. The van der Waals surface area contributed by atoms with Gasteiger partial charge in [-0.2, -0.15) is 11.8 Å². The predicted molar refractivity (Wildman–Crippen MR) is 77.5 cm³/mol. The summed E-state index contributed by atoms with van der Waals surface area (Å²) in [4.78, 5) is 22.2. The number of hydrogen-bond acceptors (Lipinski definition) is 3. The third kappa shape index (κ3) is 6.71. The minimum absolute atomic E-state index is 0.0459. The Morgan fingerprint density at radius 2 is 1.95 bits per heavy atom. The first-order valence-corrected chi connectivity index (χ1v) is 8.09. The van der Waals surface area contributed by atoms with E-state index in [9.17, 15) is 9.59 Å². The van der Waals surface area contributed by atoms with Gasteiger partial charge in [0.2, 0.25) is 0 Å². The van der Waals surface area contributed by atoms with E-state index in [1.54, 1.807) is 0 Å². The maximum absolute atomic E-state index is 11.7. The van der Waals surface area contributed by atoms with Crippen LogP contribution in [0.2, 0.25) is 0 Å². The van der Waals surface area contributed by atoms with Crippen LogP contribution in [-0.4, -0.2) is 41.2 Å². The van der Waals surface area contributed by atoms with Crippen LogP contribution < -0.4 is 10.6 Å². The van der Waals surface area contributed by atoms with E-state index in [0.717, 1.165) is 30.9 Å². The Kier molecular flexibility index (Phi) is 7.05. The maximum Gasteiger partial charge on any atom is 0.315 e. The number of nitrogens with one attached hydrogen (secondary N) is 2. The second-order valence-corrected chi connectivity index (χ2v) is 6.40. The number of carboxylic acid groups (broad SMARTS) is 1. The van der Waals surface area contributed by atoms with E-state index in [-0.39, 0.29) is 24.4 Å². The van der Waals surface area contributed by atoms with Crippen molar-refractivity contribution in [1.29, 1.82) is 0 Å². The number of hydrogen-bond donors (Lipinski definition) is 3. The largest absolute Gasteiger partial charge is 0.481 e. The molecule has 19 heavy (non-hydrogen) atoms. The normalized spacial score (nSPS) is 24.5. The van der Waals surface area contributed by atoms with Gasteiger partial charge in [-0.25, -0.2) is 4.79 Å². The van der Waals surface area contributed by atoms with Crippen LogP contribution in [0.15, 0.2) is 0 Å². The first kappa shape index (κ1) is 16.1. The van der Waals surface area contributed by atoms with Crippen molar-refractivity contribution in [2.24, 2.45) is 5.92 Å². The lowest BCUT2D eigenvalue weighted by molar-refractivity contribution is -0.137. The fourth-order valence-corrected chi connectivity index (χ4v) is 3.06. The van der Waals surface area contributed by atoms with E-state index in [1.807, 2.05) is 18.7 Å². The molecule has 0 aromatic heterocycles. The summed E-state index contributed by atoms with van der Waals surface area (Å²) < 4.78 is 0. The fraction of sp³-hybridized carbons (Fsp3) is 0.846. The van der Waals surface area contributed by atoms with Crippen molar-refractivity contribution in [3.63, 3.8) is 0 Å². The molecule has 1 fully saturated rings. The summed E-state index contributed by atoms with van der Waals surface area (Å²) in [5, 5.41) is 15.1.